The second-order valence-corrected chi connectivity index (χ2v) is 8.23. The van der Waals surface area contributed by atoms with E-state index in [0.29, 0.717) is 6.42 Å². The minimum absolute atomic E-state index is 0.0517. The van der Waals surface area contributed by atoms with Crippen LogP contribution in [0.2, 0.25) is 0 Å². The monoisotopic (exact) mass is 254 g/mol. The number of carbonyl (C=O) groups excluding carboxylic acids is 1. The molecule has 18 heavy (non-hydrogen) atoms. The van der Waals surface area contributed by atoms with Gasteiger partial charge in [-0.25, -0.2) is 0 Å². The molecule has 0 aliphatic heterocycles. The maximum atomic E-state index is 12.3. The van der Waals surface area contributed by atoms with E-state index in [1.807, 2.05) is 0 Å². The molecule has 1 rings (SSSR count). The van der Waals surface area contributed by atoms with Crippen LogP contribution in [0.25, 0.3) is 0 Å². The first-order chi connectivity index (χ1) is 8.07. The summed E-state index contributed by atoms with van der Waals surface area (Å²) in [4.78, 5) is 12.3. The van der Waals surface area contributed by atoms with Crippen LogP contribution in [-0.4, -0.2) is 18.5 Å². The SMILES string of the molecule is CC(C)(C)CC(=O)C(CC(C)(C)C)OCC1CC1. The molecule has 106 valence electrons. The van der Waals surface area contributed by atoms with Gasteiger partial charge in [0.2, 0.25) is 0 Å². The maximum Gasteiger partial charge on any atom is 0.162 e. The fourth-order valence-corrected chi connectivity index (χ4v) is 2.00. The van der Waals surface area contributed by atoms with Crippen LogP contribution in [-0.2, 0) is 9.53 Å². The largest absolute Gasteiger partial charge is 0.370 e. The molecule has 0 aromatic rings. The molecule has 0 amide bonds. The number of hydrogen-bond acceptors (Lipinski definition) is 2. The van der Waals surface area contributed by atoms with Crippen LogP contribution in [0.15, 0.2) is 0 Å². The maximum absolute atomic E-state index is 12.3. The topological polar surface area (TPSA) is 26.3 Å². The fraction of sp³-hybridized carbons (Fsp3) is 0.938. The van der Waals surface area contributed by atoms with E-state index < -0.39 is 0 Å². The quantitative estimate of drug-likeness (QED) is 0.709. The Labute approximate surface area is 112 Å². The van der Waals surface area contributed by atoms with Crippen molar-refractivity contribution in [3.05, 3.63) is 0 Å². The Morgan fingerprint density at radius 1 is 1.11 bits per heavy atom. The highest BCUT2D eigenvalue weighted by molar-refractivity contribution is 5.83. The van der Waals surface area contributed by atoms with E-state index in [-0.39, 0.29) is 22.7 Å². The Balaban J connectivity index is 2.53. The van der Waals surface area contributed by atoms with Crippen LogP contribution in [0, 0.1) is 16.7 Å². The minimum atomic E-state index is -0.204. The smallest absolute Gasteiger partial charge is 0.162 e. The lowest BCUT2D eigenvalue weighted by atomic mass is 9.83. The first-order valence-electron chi connectivity index (χ1n) is 7.21. The van der Waals surface area contributed by atoms with Crippen LogP contribution in [0.1, 0.15) is 67.2 Å². The highest BCUT2D eigenvalue weighted by atomic mass is 16.5. The van der Waals surface area contributed by atoms with Crippen molar-refractivity contribution in [2.45, 2.75) is 73.3 Å². The van der Waals surface area contributed by atoms with Gasteiger partial charge in [-0.15, -0.1) is 0 Å². The van der Waals surface area contributed by atoms with Crippen molar-refractivity contribution >= 4 is 5.78 Å². The molecule has 0 aromatic carbocycles. The van der Waals surface area contributed by atoms with Crippen LogP contribution < -0.4 is 0 Å². The van der Waals surface area contributed by atoms with Gasteiger partial charge in [-0.1, -0.05) is 41.5 Å². The third-order valence-electron chi connectivity index (χ3n) is 3.09. The molecule has 1 aliphatic rings. The Kier molecular flexibility index (Phi) is 4.99. The molecule has 1 fully saturated rings. The zero-order valence-electron chi connectivity index (χ0n) is 13.0. The summed E-state index contributed by atoms with van der Waals surface area (Å²) in [5.74, 6) is 0.994. The van der Waals surface area contributed by atoms with Crippen molar-refractivity contribution in [2.75, 3.05) is 6.61 Å². The lowest BCUT2D eigenvalue weighted by molar-refractivity contribution is -0.134. The number of rotatable bonds is 6. The number of carbonyl (C=O) groups is 1. The van der Waals surface area contributed by atoms with Gasteiger partial charge >= 0.3 is 0 Å². The molecule has 1 aliphatic carbocycles. The average Bonchev–Trinajstić information content (AvgIpc) is 2.90. The second kappa shape index (κ2) is 5.73. The molecule has 1 atom stereocenters. The lowest BCUT2D eigenvalue weighted by Crippen LogP contribution is -2.32. The average molecular weight is 254 g/mol. The van der Waals surface area contributed by atoms with Crippen LogP contribution in [0.4, 0.5) is 0 Å². The van der Waals surface area contributed by atoms with E-state index in [1.54, 1.807) is 0 Å². The van der Waals surface area contributed by atoms with Gasteiger partial charge in [0, 0.05) is 6.42 Å². The number of Topliss-reactive ketones (excluding diaryl/α,β-unsaturated/α-hetero) is 1. The highest BCUT2D eigenvalue weighted by Gasteiger charge is 2.30. The summed E-state index contributed by atoms with van der Waals surface area (Å²) in [7, 11) is 0. The molecular weight excluding hydrogens is 224 g/mol. The zero-order chi connectivity index (χ0) is 14.0. The fourth-order valence-electron chi connectivity index (χ4n) is 2.00. The van der Waals surface area contributed by atoms with Crippen molar-refractivity contribution < 1.29 is 9.53 Å². The Hall–Kier alpha value is -0.370. The van der Waals surface area contributed by atoms with Crippen molar-refractivity contribution in [3.8, 4) is 0 Å². The molecule has 2 nitrogen and oxygen atoms in total. The zero-order valence-corrected chi connectivity index (χ0v) is 13.0. The van der Waals surface area contributed by atoms with Gasteiger partial charge in [0.25, 0.3) is 0 Å². The van der Waals surface area contributed by atoms with Crippen molar-refractivity contribution in [1.82, 2.24) is 0 Å². The van der Waals surface area contributed by atoms with E-state index in [1.165, 1.54) is 12.8 Å². The van der Waals surface area contributed by atoms with Gasteiger partial charge in [0.1, 0.15) is 6.10 Å². The van der Waals surface area contributed by atoms with Crippen molar-refractivity contribution in [1.29, 1.82) is 0 Å². The van der Waals surface area contributed by atoms with Crippen molar-refractivity contribution in [3.63, 3.8) is 0 Å². The van der Waals surface area contributed by atoms with E-state index in [2.05, 4.69) is 41.5 Å². The van der Waals surface area contributed by atoms with Crippen LogP contribution in [0.3, 0.4) is 0 Å². The molecule has 0 spiro atoms. The number of ketones is 1. The van der Waals surface area contributed by atoms with Gasteiger partial charge < -0.3 is 4.74 Å². The highest BCUT2D eigenvalue weighted by Crippen LogP contribution is 2.32. The third kappa shape index (κ3) is 7.15. The molecule has 0 N–H and O–H groups in total. The number of hydrogen-bond donors (Lipinski definition) is 0. The summed E-state index contributed by atoms with van der Waals surface area (Å²) < 4.78 is 5.90. The molecule has 0 heterocycles. The molecule has 0 aromatic heterocycles. The van der Waals surface area contributed by atoms with E-state index in [4.69, 9.17) is 4.74 Å². The summed E-state index contributed by atoms with van der Waals surface area (Å²) >= 11 is 0. The Morgan fingerprint density at radius 3 is 2.06 bits per heavy atom. The predicted octanol–water partition coefficient (Wildman–Crippen LogP) is 4.22. The van der Waals surface area contributed by atoms with Gasteiger partial charge in [-0.05, 0) is 36.0 Å². The molecule has 1 unspecified atom stereocenters. The number of ether oxygens (including phenoxy) is 1. The van der Waals surface area contributed by atoms with E-state index in [0.717, 1.165) is 18.9 Å². The normalized spacial score (nSPS) is 18.8. The Bertz CT molecular complexity index is 276. The summed E-state index contributed by atoms with van der Waals surface area (Å²) in [5.41, 5.74) is 0.192. The predicted molar refractivity (Wildman–Crippen MR) is 75.6 cm³/mol. The molecule has 0 radical (unpaired) electrons. The minimum Gasteiger partial charge on any atom is -0.370 e. The standard InChI is InChI=1S/C16H30O2/c1-15(2,3)9-13(17)14(10-16(4,5)6)18-11-12-7-8-12/h12,14H,7-11H2,1-6H3. The Morgan fingerprint density at radius 2 is 1.67 bits per heavy atom. The van der Waals surface area contributed by atoms with Crippen LogP contribution in [0.5, 0.6) is 0 Å². The van der Waals surface area contributed by atoms with E-state index >= 15 is 0 Å². The summed E-state index contributed by atoms with van der Waals surface area (Å²) in [6.45, 7) is 13.6. The molecule has 0 bridgehead atoms. The molecular formula is C16H30O2. The molecule has 1 saturated carbocycles. The first-order valence-corrected chi connectivity index (χ1v) is 7.21. The third-order valence-corrected chi connectivity index (χ3v) is 3.09. The van der Waals surface area contributed by atoms with Gasteiger partial charge in [0.05, 0.1) is 6.61 Å². The summed E-state index contributed by atoms with van der Waals surface area (Å²) in [6, 6.07) is 0. The molecule has 0 saturated heterocycles. The lowest BCUT2D eigenvalue weighted by Gasteiger charge is -2.27. The first kappa shape index (κ1) is 15.7. The van der Waals surface area contributed by atoms with Gasteiger partial charge in [-0.2, -0.15) is 0 Å². The summed E-state index contributed by atoms with van der Waals surface area (Å²) in [5, 5.41) is 0. The van der Waals surface area contributed by atoms with Gasteiger partial charge in [0.15, 0.2) is 5.78 Å². The van der Waals surface area contributed by atoms with E-state index in [9.17, 15) is 4.79 Å². The summed E-state index contributed by atoms with van der Waals surface area (Å²) in [6.07, 6.45) is 3.78. The molecule has 2 heteroatoms. The second-order valence-electron chi connectivity index (χ2n) is 8.23. The van der Waals surface area contributed by atoms with Crippen molar-refractivity contribution in [2.24, 2.45) is 16.7 Å². The van der Waals surface area contributed by atoms with Gasteiger partial charge in [-0.3, -0.25) is 4.79 Å². The van der Waals surface area contributed by atoms with Crippen LogP contribution >= 0.6 is 0 Å².